The molecule has 0 spiro atoms. The zero-order chi connectivity index (χ0) is 24.9. The maximum Gasteiger partial charge on any atom is 0.228 e. The van der Waals surface area contributed by atoms with Gasteiger partial charge in [0.1, 0.15) is 29.0 Å². The summed E-state index contributed by atoms with van der Waals surface area (Å²) in [6.07, 6.45) is 0.540. The number of benzene rings is 3. The van der Waals surface area contributed by atoms with Crippen LogP contribution in [0, 0.1) is 23.4 Å². The van der Waals surface area contributed by atoms with E-state index in [-0.39, 0.29) is 24.2 Å². The molecule has 1 amide bonds. The molecule has 1 aliphatic heterocycles. The summed E-state index contributed by atoms with van der Waals surface area (Å²) < 4.78 is 51.8. The number of piperidine rings is 1. The van der Waals surface area contributed by atoms with Crippen molar-refractivity contribution in [1.29, 1.82) is 0 Å². The van der Waals surface area contributed by atoms with Crippen LogP contribution in [0.15, 0.2) is 60.7 Å². The third kappa shape index (κ3) is 5.95. The summed E-state index contributed by atoms with van der Waals surface area (Å²) in [4.78, 5) is 15.3. The van der Waals surface area contributed by atoms with Crippen LogP contribution in [-0.2, 0) is 11.3 Å². The van der Waals surface area contributed by atoms with E-state index in [1.165, 1.54) is 31.4 Å². The Morgan fingerprint density at radius 3 is 2.37 bits per heavy atom. The summed E-state index contributed by atoms with van der Waals surface area (Å²) in [6, 6.07) is 14.8. The highest BCUT2D eigenvalue weighted by Gasteiger charge is 2.33. The van der Waals surface area contributed by atoms with Crippen LogP contribution in [0.3, 0.4) is 0 Å². The molecule has 4 rings (SSSR count). The van der Waals surface area contributed by atoms with E-state index in [0.717, 1.165) is 11.6 Å². The molecule has 1 N–H and O–H groups in total. The van der Waals surface area contributed by atoms with Crippen molar-refractivity contribution in [2.45, 2.75) is 18.9 Å². The molecule has 1 aliphatic rings. The average molecular weight is 485 g/mol. The zero-order valence-corrected chi connectivity index (χ0v) is 19.6. The number of amides is 1. The fourth-order valence-electron chi connectivity index (χ4n) is 4.51. The van der Waals surface area contributed by atoms with Crippen LogP contribution in [0.1, 0.15) is 23.5 Å². The quantitative estimate of drug-likeness (QED) is 0.490. The van der Waals surface area contributed by atoms with Crippen molar-refractivity contribution >= 4 is 11.6 Å². The number of carbonyl (C=O) groups is 1. The molecule has 2 atom stereocenters. The Morgan fingerprint density at radius 1 is 0.943 bits per heavy atom. The molecule has 0 aliphatic carbocycles. The molecule has 0 bridgehead atoms. The molecule has 8 heteroatoms. The normalized spacial score (nSPS) is 18.2. The van der Waals surface area contributed by atoms with E-state index in [1.54, 1.807) is 37.4 Å². The number of rotatable bonds is 7. The molecule has 3 aromatic rings. The lowest BCUT2D eigenvalue weighted by Crippen LogP contribution is -2.43. The number of halogens is 3. The molecule has 1 fully saturated rings. The van der Waals surface area contributed by atoms with Gasteiger partial charge in [-0.2, -0.15) is 0 Å². The lowest BCUT2D eigenvalue weighted by atomic mass is 9.83. The second-order valence-corrected chi connectivity index (χ2v) is 8.67. The predicted octanol–water partition coefficient (Wildman–Crippen LogP) is 5.37. The molecule has 3 aromatic carbocycles. The minimum absolute atomic E-state index is 0.0682. The average Bonchev–Trinajstić information content (AvgIpc) is 2.86. The largest absolute Gasteiger partial charge is 0.497 e. The Labute approximate surface area is 202 Å². The van der Waals surface area contributed by atoms with Crippen molar-refractivity contribution in [3.8, 4) is 11.5 Å². The molecule has 0 aromatic heterocycles. The zero-order valence-electron chi connectivity index (χ0n) is 19.6. The summed E-state index contributed by atoms with van der Waals surface area (Å²) in [5.41, 5.74) is 1.76. The molecular formula is C27H27F3N2O3. The van der Waals surface area contributed by atoms with Crippen LogP contribution in [0.25, 0.3) is 0 Å². The van der Waals surface area contributed by atoms with Crippen molar-refractivity contribution in [2.24, 2.45) is 5.92 Å². The van der Waals surface area contributed by atoms with E-state index < -0.39 is 17.6 Å². The van der Waals surface area contributed by atoms with Crippen LogP contribution in [-0.4, -0.2) is 38.1 Å². The molecule has 35 heavy (non-hydrogen) atoms. The Hall–Kier alpha value is -3.52. The molecule has 5 nitrogen and oxygen atoms in total. The fraction of sp³-hybridized carbons (Fsp3) is 0.296. The number of ether oxygens (including phenoxy) is 2. The predicted molar refractivity (Wildman–Crippen MR) is 127 cm³/mol. The van der Waals surface area contributed by atoms with E-state index in [1.807, 2.05) is 4.90 Å². The summed E-state index contributed by atoms with van der Waals surface area (Å²) in [5, 5.41) is 2.94. The maximum absolute atomic E-state index is 14.3. The van der Waals surface area contributed by atoms with Gasteiger partial charge in [0.25, 0.3) is 0 Å². The highest BCUT2D eigenvalue weighted by Crippen LogP contribution is 2.34. The Kier molecular flexibility index (Phi) is 7.60. The van der Waals surface area contributed by atoms with Gasteiger partial charge in [0, 0.05) is 37.3 Å². The standard InChI is InChI=1S/C27H27F3N2O3/c1-34-23-9-10-25(26(13-23)35-2)31-27(33)20-11-19(17-3-6-21(28)7-4-17)15-32(16-20)14-18-5-8-22(29)12-24(18)30/h3-10,12-13,19-20H,11,14-16H2,1-2H3,(H,31,33). The van der Waals surface area contributed by atoms with E-state index in [0.29, 0.717) is 42.3 Å². The first-order valence-electron chi connectivity index (χ1n) is 11.3. The summed E-state index contributed by atoms with van der Waals surface area (Å²) in [6.45, 7) is 1.16. The number of hydrogen-bond donors (Lipinski definition) is 1. The van der Waals surface area contributed by atoms with Crippen molar-refractivity contribution in [3.63, 3.8) is 0 Å². The van der Waals surface area contributed by atoms with Crippen molar-refractivity contribution in [1.82, 2.24) is 4.90 Å². The number of hydrogen-bond acceptors (Lipinski definition) is 4. The van der Waals surface area contributed by atoms with Gasteiger partial charge < -0.3 is 14.8 Å². The van der Waals surface area contributed by atoms with Gasteiger partial charge in [-0.3, -0.25) is 9.69 Å². The van der Waals surface area contributed by atoms with Gasteiger partial charge in [0.15, 0.2) is 0 Å². The van der Waals surface area contributed by atoms with E-state index in [4.69, 9.17) is 9.47 Å². The maximum atomic E-state index is 14.3. The summed E-state index contributed by atoms with van der Waals surface area (Å²) in [7, 11) is 3.05. The lowest BCUT2D eigenvalue weighted by molar-refractivity contribution is -0.121. The van der Waals surface area contributed by atoms with Crippen LogP contribution < -0.4 is 14.8 Å². The first kappa shape index (κ1) is 24.6. The van der Waals surface area contributed by atoms with Gasteiger partial charge in [-0.1, -0.05) is 18.2 Å². The Balaban J connectivity index is 1.57. The molecule has 0 saturated carbocycles. The monoisotopic (exact) mass is 484 g/mol. The number of nitrogens with zero attached hydrogens (tertiary/aromatic N) is 1. The summed E-state index contributed by atoms with van der Waals surface area (Å²) >= 11 is 0. The SMILES string of the molecule is COc1ccc(NC(=O)C2CC(c3ccc(F)cc3)CN(Cc3ccc(F)cc3F)C2)c(OC)c1. The second-order valence-electron chi connectivity index (χ2n) is 8.67. The van der Waals surface area contributed by atoms with Gasteiger partial charge in [-0.05, 0) is 48.2 Å². The minimum Gasteiger partial charge on any atom is -0.497 e. The minimum atomic E-state index is -0.639. The highest BCUT2D eigenvalue weighted by atomic mass is 19.1. The number of carbonyl (C=O) groups excluding carboxylic acids is 1. The molecule has 2 unspecified atom stereocenters. The van der Waals surface area contributed by atoms with E-state index in [9.17, 15) is 18.0 Å². The first-order chi connectivity index (χ1) is 16.9. The number of anilines is 1. The Morgan fingerprint density at radius 2 is 1.69 bits per heavy atom. The Bertz CT molecular complexity index is 1190. The molecule has 184 valence electrons. The van der Waals surface area contributed by atoms with Crippen molar-refractivity contribution in [2.75, 3.05) is 32.6 Å². The second kappa shape index (κ2) is 10.8. The molecule has 1 heterocycles. The number of nitrogens with one attached hydrogen (secondary N) is 1. The van der Waals surface area contributed by atoms with Gasteiger partial charge in [-0.25, -0.2) is 13.2 Å². The molecule has 1 saturated heterocycles. The first-order valence-corrected chi connectivity index (χ1v) is 11.3. The van der Waals surface area contributed by atoms with Gasteiger partial charge >= 0.3 is 0 Å². The van der Waals surface area contributed by atoms with Gasteiger partial charge in [0.2, 0.25) is 5.91 Å². The van der Waals surface area contributed by atoms with E-state index >= 15 is 0 Å². The topological polar surface area (TPSA) is 50.8 Å². The van der Waals surface area contributed by atoms with Crippen molar-refractivity contribution < 1.29 is 27.4 Å². The number of methoxy groups -OCH3 is 2. The van der Waals surface area contributed by atoms with Crippen molar-refractivity contribution in [3.05, 3.63) is 89.2 Å². The summed E-state index contributed by atoms with van der Waals surface area (Å²) in [5.74, 6) is -1.23. The number of likely N-dealkylation sites (tertiary alicyclic amines) is 1. The van der Waals surface area contributed by atoms with Crippen LogP contribution >= 0.6 is 0 Å². The third-order valence-electron chi connectivity index (χ3n) is 6.31. The lowest BCUT2D eigenvalue weighted by Gasteiger charge is -2.37. The highest BCUT2D eigenvalue weighted by molar-refractivity contribution is 5.94. The van der Waals surface area contributed by atoms with Crippen LogP contribution in [0.2, 0.25) is 0 Å². The molecular weight excluding hydrogens is 457 g/mol. The van der Waals surface area contributed by atoms with E-state index in [2.05, 4.69) is 5.32 Å². The van der Waals surface area contributed by atoms with Gasteiger partial charge in [0.05, 0.1) is 25.8 Å². The molecule has 0 radical (unpaired) electrons. The van der Waals surface area contributed by atoms with Crippen LogP contribution in [0.4, 0.5) is 18.9 Å². The smallest absolute Gasteiger partial charge is 0.228 e. The van der Waals surface area contributed by atoms with Crippen LogP contribution in [0.5, 0.6) is 11.5 Å². The fourth-order valence-corrected chi connectivity index (χ4v) is 4.51. The third-order valence-corrected chi connectivity index (χ3v) is 6.31. The van der Waals surface area contributed by atoms with Gasteiger partial charge in [-0.15, -0.1) is 0 Å².